The number of Topliss-reactive ketones (excluding diaryl/α,β-unsaturated/α-hetero) is 1. The van der Waals surface area contributed by atoms with E-state index in [0.29, 0.717) is 17.1 Å². The predicted molar refractivity (Wildman–Crippen MR) is 94.3 cm³/mol. The smallest absolute Gasteiger partial charge is 0.195 e. The largest absolute Gasteiger partial charge is 0.289 e. The van der Waals surface area contributed by atoms with Gasteiger partial charge < -0.3 is 0 Å². The molecule has 1 rings (SSSR count). The number of carbonyl (C=O) groups is 1. The number of aryl methyl sites for hydroxylation is 1. The van der Waals surface area contributed by atoms with Gasteiger partial charge in [0.2, 0.25) is 0 Å². The number of rotatable bonds is 9. The van der Waals surface area contributed by atoms with E-state index in [2.05, 4.69) is 19.3 Å². The molecule has 5 heteroatoms. The summed E-state index contributed by atoms with van der Waals surface area (Å²) in [5, 5.41) is 0.789. The summed E-state index contributed by atoms with van der Waals surface area (Å²) in [6.45, 7) is 7.95. The van der Waals surface area contributed by atoms with E-state index < -0.39 is 0 Å². The van der Waals surface area contributed by atoms with Gasteiger partial charge in [-0.05, 0) is 32.1 Å². The van der Waals surface area contributed by atoms with Crippen LogP contribution in [0.25, 0.3) is 0 Å². The zero-order valence-electron chi connectivity index (χ0n) is 13.1. The molecule has 116 valence electrons. The Morgan fingerprint density at radius 2 is 2.19 bits per heavy atom. The first-order chi connectivity index (χ1) is 10.2. The van der Waals surface area contributed by atoms with Gasteiger partial charge >= 0.3 is 0 Å². The molecule has 0 spiro atoms. The summed E-state index contributed by atoms with van der Waals surface area (Å²) in [5.74, 6) is 1.59. The van der Waals surface area contributed by atoms with Gasteiger partial charge in [0, 0.05) is 10.5 Å². The maximum atomic E-state index is 12.6. The van der Waals surface area contributed by atoms with Crippen molar-refractivity contribution in [1.29, 1.82) is 0 Å². The second kappa shape index (κ2) is 9.82. The van der Waals surface area contributed by atoms with Gasteiger partial charge in [0.15, 0.2) is 5.78 Å². The lowest BCUT2D eigenvalue weighted by Crippen LogP contribution is -2.06. The van der Waals surface area contributed by atoms with Crippen LogP contribution >= 0.6 is 23.1 Å². The molecule has 0 unspecified atom stereocenters. The molecule has 1 aromatic heterocycles. The highest BCUT2D eigenvalue weighted by Gasteiger charge is 2.17. The molecule has 0 aromatic carbocycles. The van der Waals surface area contributed by atoms with E-state index in [4.69, 9.17) is 4.84 Å². The Balaban J connectivity index is 2.93. The number of carbonyl (C=O) groups excluding carboxylic acids is 1. The molecule has 1 heterocycles. The summed E-state index contributed by atoms with van der Waals surface area (Å²) in [5.41, 5.74) is 4.31. The summed E-state index contributed by atoms with van der Waals surface area (Å²) in [4.78, 5) is 19.2. The second-order valence-corrected chi connectivity index (χ2v) is 6.60. The van der Waals surface area contributed by atoms with Gasteiger partial charge in [-0.25, -0.2) is 0 Å². The van der Waals surface area contributed by atoms with Gasteiger partial charge in [-0.2, -0.15) is 0 Å². The summed E-state index contributed by atoms with van der Waals surface area (Å²) in [7, 11) is 0. The van der Waals surface area contributed by atoms with E-state index in [1.165, 1.54) is 4.88 Å². The van der Waals surface area contributed by atoms with Crippen LogP contribution in [0.1, 0.15) is 42.9 Å². The monoisotopic (exact) mass is 325 g/mol. The van der Waals surface area contributed by atoms with Crippen molar-refractivity contribution >= 4 is 33.9 Å². The fourth-order valence-electron chi connectivity index (χ4n) is 1.72. The van der Waals surface area contributed by atoms with Crippen molar-refractivity contribution in [1.82, 2.24) is 0 Å². The van der Waals surface area contributed by atoms with Crippen molar-refractivity contribution in [2.24, 2.45) is 0 Å². The van der Waals surface area contributed by atoms with Gasteiger partial charge in [-0.1, -0.05) is 32.1 Å². The lowest BCUT2D eigenvalue weighted by atomic mass is 10.0. The van der Waals surface area contributed by atoms with E-state index >= 15 is 0 Å². The summed E-state index contributed by atoms with van der Waals surface area (Å²) in [6.07, 6.45) is 6.46. The molecule has 0 aliphatic rings. The Bertz CT molecular complexity index is 518. The van der Waals surface area contributed by atoms with E-state index in [9.17, 15) is 4.79 Å². The fraction of sp³-hybridized carbons (Fsp3) is 0.438. The van der Waals surface area contributed by atoms with Crippen molar-refractivity contribution in [2.45, 2.75) is 34.1 Å². The minimum Gasteiger partial charge on any atom is -0.289 e. The van der Waals surface area contributed by atoms with Crippen LogP contribution in [0.3, 0.4) is 0 Å². The average molecular weight is 325 g/mol. The zero-order chi connectivity index (χ0) is 15.7. The normalized spacial score (nSPS) is 12.1. The first kappa shape index (κ1) is 18.0. The number of hydrogen-bond acceptors (Lipinski definition) is 5. The standard InChI is InChI=1S/C16H23NO2S2/c1-5-9-12(6-2)15(18)14-10-13(7-3)21-16(14)17-19-11-20-8-4/h5-6,9-10,17H,7-8,11H2,1-4H3/b9-5-,12-6+. The van der Waals surface area contributed by atoms with Crippen molar-refractivity contribution in [2.75, 3.05) is 17.2 Å². The number of nitrogens with one attached hydrogen (secondary N) is 1. The van der Waals surface area contributed by atoms with Crippen molar-refractivity contribution < 1.29 is 9.63 Å². The van der Waals surface area contributed by atoms with Crippen LogP contribution in [-0.2, 0) is 11.3 Å². The van der Waals surface area contributed by atoms with E-state index in [1.807, 2.05) is 38.1 Å². The summed E-state index contributed by atoms with van der Waals surface area (Å²) >= 11 is 3.26. The van der Waals surface area contributed by atoms with Crippen LogP contribution in [0.4, 0.5) is 5.00 Å². The molecule has 0 aliphatic heterocycles. The fourth-order valence-corrected chi connectivity index (χ4v) is 2.97. The molecule has 0 atom stereocenters. The van der Waals surface area contributed by atoms with Crippen molar-refractivity contribution in [3.8, 4) is 0 Å². The van der Waals surface area contributed by atoms with Gasteiger partial charge in [0.1, 0.15) is 10.9 Å². The minimum atomic E-state index is 0.0285. The highest BCUT2D eigenvalue weighted by Crippen LogP contribution is 2.31. The first-order valence-electron chi connectivity index (χ1n) is 7.09. The third-order valence-electron chi connectivity index (χ3n) is 2.81. The quantitative estimate of drug-likeness (QED) is 0.172. The van der Waals surface area contributed by atoms with Gasteiger partial charge in [0.25, 0.3) is 0 Å². The minimum absolute atomic E-state index is 0.0285. The average Bonchev–Trinajstić information content (AvgIpc) is 2.92. The lowest BCUT2D eigenvalue weighted by molar-refractivity contribution is 0.103. The highest BCUT2D eigenvalue weighted by molar-refractivity contribution is 7.99. The topological polar surface area (TPSA) is 38.3 Å². The molecule has 0 saturated heterocycles. The van der Waals surface area contributed by atoms with E-state index in [1.54, 1.807) is 23.1 Å². The molecular formula is C16H23NO2S2. The Morgan fingerprint density at radius 3 is 2.76 bits per heavy atom. The van der Waals surface area contributed by atoms with Gasteiger partial charge in [-0.3, -0.25) is 15.1 Å². The van der Waals surface area contributed by atoms with E-state index in [0.717, 1.165) is 17.2 Å². The predicted octanol–water partition coefficient (Wildman–Crippen LogP) is 5.07. The summed E-state index contributed by atoms with van der Waals surface area (Å²) in [6, 6.07) is 1.96. The molecule has 1 aromatic rings. The molecule has 1 N–H and O–H groups in total. The maximum absolute atomic E-state index is 12.6. The summed E-state index contributed by atoms with van der Waals surface area (Å²) < 4.78 is 0. The molecule has 0 saturated carbocycles. The second-order valence-electron chi connectivity index (χ2n) is 4.24. The molecule has 3 nitrogen and oxygen atoms in total. The Kier molecular flexibility index (Phi) is 8.42. The Hall–Kier alpha value is -1.04. The third-order valence-corrected chi connectivity index (χ3v) is 4.68. The number of thiophene rings is 1. The van der Waals surface area contributed by atoms with Crippen LogP contribution < -0.4 is 5.48 Å². The van der Waals surface area contributed by atoms with E-state index in [-0.39, 0.29) is 5.78 Å². The number of anilines is 1. The van der Waals surface area contributed by atoms with Crippen molar-refractivity contribution in [3.05, 3.63) is 40.3 Å². The molecule has 0 radical (unpaired) electrons. The first-order valence-corrected chi connectivity index (χ1v) is 9.06. The Morgan fingerprint density at radius 1 is 1.43 bits per heavy atom. The van der Waals surface area contributed by atoms with Gasteiger partial charge in [0.05, 0.1) is 5.56 Å². The molecule has 0 aliphatic carbocycles. The molecule has 0 amide bonds. The number of thioether (sulfide) groups is 1. The number of hydrogen-bond donors (Lipinski definition) is 1. The van der Waals surface area contributed by atoms with Crippen molar-refractivity contribution in [3.63, 3.8) is 0 Å². The zero-order valence-corrected chi connectivity index (χ0v) is 14.7. The van der Waals surface area contributed by atoms with Crippen LogP contribution in [-0.4, -0.2) is 17.5 Å². The van der Waals surface area contributed by atoms with Gasteiger partial charge in [-0.15, -0.1) is 23.1 Å². The molecule has 21 heavy (non-hydrogen) atoms. The third kappa shape index (κ3) is 5.34. The van der Waals surface area contributed by atoms with Crippen LogP contribution in [0.2, 0.25) is 0 Å². The maximum Gasteiger partial charge on any atom is 0.195 e. The molecule has 0 fully saturated rings. The number of ketones is 1. The Labute approximate surface area is 135 Å². The van der Waals surface area contributed by atoms with Crippen LogP contribution in [0.5, 0.6) is 0 Å². The lowest BCUT2D eigenvalue weighted by Gasteiger charge is -2.07. The molecular weight excluding hydrogens is 302 g/mol. The van der Waals surface area contributed by atoms with Crippen LogP contribution in [0.15, 0.2) is 29.9 Å². The molecule has 0 bridgehead atoms. The number of allylic oxidation sites excluding steroid dienone is 4. The van der Waals surface area contributed by atoms with Crippen LogP contribution in [0, 0.1) is 0 Å². The highest BCUT2D eigenvalue weighted by atomic mass is 32.2. The SMILES string of the molecule is C/C=C\C(=C/C)C(=O)c1cc(CC)sc1NOCSCC.